The molecule has 0 heterocycles. The molecule has 0 aliphatic heterocycles. The summed E-state index contributed by atoms with van der Waals surface area (Å²) in [5, 5.41) is 10.6. The van der Waals surface area contributed by atoms with Gasteiger partial charge in [0.2, 0.25) is 0 Å². The monoisotopic (exact) mass is 374 g/mol. The van der Waals surface area contributed by atoms with E-state index in [4.69, 9.17) is 27.9 Å². The summed E-state index contributed by atoms with van der Waals surface area (Å²) in [6, 6.07) is 9.02. The first-order valence-corrected chi connectivity index (χ1v) is 7.52. The van der Waals surface area contributed by atoms with Crippen molar-refractivity contribution in [3.8, 4) is 5.75 Å². The van der Waals surface area contributed by atoms with Crippen molar-refractivity contribution in [2.45, 2.75) is 20.1 Å². The fourth-order valence-electron chi connectivity index (χ4n) is 1.93. The highest BCUT2D eigenvalue weighted by atomic mass is 79.9. The first kappa shape index (κ1) is 15.6. The van der Waals surface area contributed by atoms with Crippen molar-refractivity contribution in [3.63, 3.8) is 0 Å². The topological polar surface area (TPSA) is 29.5 Å². The van der Waals surface area contributed by atoms with Gasteiger partial charge in [0.25, 0.3) is 0 Å². The Morgan fingerprint density at radius 2 is 1.90 bits per heavy atom. The number of hydrogen-bond donors (Lipinski definition) is 1. The van der Waals surface area contributed by atoms with Crippen molar-refractivity contribution in [3.05, 3.63) is 61.5 Å². The molecule has 0 aromatic heterocycles. The second-order valence-corrected chi connectivity index (χ2v) is 6.15. The fourth-order valence-corrected chi connectivity index (χ4v) is 2.91. The van der Waals surface area contributed by atoms with Crippen molar-refractivity contribution in [2.24, 2.45) is 0 Å². The molecule has 2 nitrogen and oxygen atoms in total. The van der Waals surface area contributed by atoms with Crippen molar-refractivity contribution in [1.29, 1.82) is 0 Å². The van der Waals surface area contributed by atoms with Gasteiger partial charge in [0.1, 0.15) is 12.4 Å². The van der Waals surface area contributed by atoms with E-state index in [1.807, 2.05) is 19.1 Å². The average molecular weight is 376 g/mol. The smallest absolute Gasteiger partial charge is 0.128 e. The molecule has 0 aliphatic carbocycles. The molecular formula is C15H13BrCl2O2. The van der Waals surface area contributed by atoms with Crippen molar-refractivity contribution in [1.82, 2.24) is 0 Å². The Morgan fingerprint density at radius 1 is 1.15 bits per heavy atom. The van der Waals surface area contributed by atoms with Gasteiger partial charge in [0, 0.05) is 25.6 Å². The molecule has 0 saturated carbocycles. The van der Waals surface area contributed by atoms with Crippen LogP contribution in [0.5, 0.6) is 5.75 Å². The predicted molar refractivity (Wildman–Crippen MR) is 85.6 cm³/mol. The van der Waals surface area contributed by atoms with Gasteiger partial charge < -0.3 is 9.84 Å². The van der Waals surface area contributed by atoms with Crippen LogP contribution in [0.2, 0.25) is 10.0 Å². The minimum Gasteiger partial charge on any atom is -0.488 e. The van der Waals surface area contributed by atoms with Crippen molar-refractivity contribution >= 4 is 39.1 Å². The molecule has 5 heteroatoms. The number of rotatable bonds is 4. The fraction of sp³-hybridized carbons (Fsp3) is 0.200. The van der Waals surface area contributed by atoms with Crippen LogP contribution in [0.15, 0.2) is 34.8 Å². The Balaban J connectivity index is 2.25. The largest absolute Gasteiger partial charge is 0.488 e. The predicted octanol–water partition coefficient (Wildman–Crippen LogP) is 5.14. The van der Waals surface area contributed by atoms with E-state index in [9.17, 15) is 5.11 Å². The first-order valence-electron chi connectivity index (χ1n) is 5.98. The average Bonchev–Trinajstić information content (AvgIpc) is 2.40. The third-order valence-corrected chi connectivity index (χ3v) is 3.93. The Hall–Kier alpha value is -0.740. The summed E-state index contributed by atoms with van der Waals surface area (Å²) in [6.07, 6.45) is 0. The quantitative estimate of drug-likeness (QED) is 0.801. The lowest BCUT2D eigenvalue weighted by atomic mass is 10.1. The number of aliphatic hydroxyl groups excluding tert-OH is 1. The molecule has 2 aromatic rings. The summed E-state index contributed by atoms with van der Waals surface area (Å²) in [6.45, 7) is 2.15. The van der Waals surface area contributed by atoms with Crippen LogP contribution in [0.4, 0.5) is 0 Å². The zero-order valence-corrected chi connectivity index (χ0v) is 13.9. The zero-order chi connectivity index (χ0) is 14.7. The van der Waals surface area contributed by atoms with Gasteiger partial charge in [0.15, 0.2) is 0 Å². The van der Waals surface area contributed by atoms with Crippen LogP contribution in [-0.4, -0.2) is 5.11 Å². The highest BCUT2D eigenvalue weighted by molar-refractivity contribution is 9.10. The van der Waals surface area contributed by atoms with Gasteiger partial charge in [-0.3, -0.25) is 0 Å². The van der Waals surface area contributed by atoms with Crippen LogP contribution in [0, 0.1) is 6.92 Å². The Bertz CT molecular complexity index is 630. The molecule has 106 valence electrons. The van der Waals surface area contributed by atoms with Crippen LogP contribution >= 0.6 is 39.1 Å². The van der Waals surface area contributed by atoms with E-state index in [1.54, 1.807) is 18.2 Å². The van der Waals surface area contributed by atoms with E-state index in [1.165, 1.54) is 0 Å². The van der Waals surface area contributed by atoms with Gasteiger partial charge >= 0.3 is 0 Å². The maximum absolute atomic E-state index is 9.42. The number of halogens is 3. The van der Waals surface area contributed by atoms with E-state index in [0.717, 1.165) is 21.2 Å². The summed E-state index contributed by atoms with van der Waals surface area (Å²) < 4.78 is 6.72. The molecule has 20 heavy (non-hydrogen) atoms. The molecule has 0 saturated heterocycles. The lowest BCUT2D eigenvalue weighted by Crippen LogP contribution is -2.01. The van der Waals surface area contributed by atoms with Gasteiger partial charge in [-0.2, -0.15) is 0 Å². The molecular weight excluding hydrogens is 363 g/mol. The van der Waals surface area contributed by atoms with E-state index >= 15 is 0 Å². The SMILES string of the molecule is Cc1cc(Br)cc(CO)c1OCc1cc(Cl)ccc1Cl. The molecule has 0 bridgehead atoms. The lowest BCUT2D eigenvalue weighted by molar-refractivity contribution is 0.258. The standard InChI is InChI=1S/C15H13BrCl2O2/c1-9-4-12(16)5-10(7-19)15(9)20-8-11-6-13(17)2-3-14(11)18/h2-6,19H,7-8H2,1H3. The summed E-state index contributed by atoms with van der Waals surface area (Å²) in [7, 11) is 0. The Labute approximate surface area is 136 Å². The maximum atomic E-state index is 9.42. The summed E-state index contributed by atoms with van der Waals surface area (Å²) in [5.74, 6) is 0.673. The molecule has 0 spiro atoms. The molecule has 2 aromatic carbocycles. The molecule has 0 amide bonds. The molecule has 0 aliphatic rings. The van der Waals surface area contributed by atoms with Crippen LogP contribution in [0.3, 0.4) is 0 Å². The zero-order valence-electron chi connectivity index (χ0n) is 10.8. The molecule has 1 N–H and O–H groups in total. The number of ether oxygens (including phenoxy) is 1. The second-order valence-electron chi connectivity index (χ2n) is 4.39. The molecule has 0 fully saturated rings. The molecule has 0 atom stereocenters. The second kappa shape index (κ2) is 6.81. The van der Waals surface area contributed by atoms with Gasteiger partial charge in [-0.05, 0) is 42.8 Å². The van der Waals surface area contributed by atoms with Gasteiger partial charge in [-0.1, -0.05) is 39.1 Å². The van der Waals surface area contributed by atoms with Crippen molar-refractivity contribution in [2.75, 3.05) is 0 Å². The highest BCUT2D eigenvalue weighted by Crippen LogP contribution is 2.30. The number of hydrogen-bond acceptors (Lipinski definition) is 2. The van der Waals surface area contributed by atoms with E-state index in [2.05, 4.69) is 15.9 Å². The van der Waals surface area contributed by atoms with Gasteiger partial charge in [0.05, 0.1) is 6.61 Å². The van der Waals surface area contributed by atoms with E-state index in [0.29, 0.717) is 22.4 Å². The van der Waals surface area contributed by atoms with E-state index in [-0.39, 0.29) is 6.61 Å². The van der Waals surface area contributed by atoms with Crippen LogP contribution in [-0.2, 0) is 13.2 Å². The Kier molecular flexibility index (Phi) is 5.33. The number of aryl methyl sites for hydroxylation is 1. The third kappa shape index (κ3) is 3.67. The first-order chi connectivity index (χ1) is 9.51. The molecule has 0 unspecified atom stereocenters. The normalized spacial score (nSPS) is 10.7. The summed E-state index contributed by atoms with van der Waals surface area (Å²) in [5.41, 5.74) is 2.49. The lowest BCUT2D eigenvalue weighted by Gasteiger charge is -2.14. The minimum absolute atomic E-state index is 0.0844. The van der Waals surface area contributed by atoms with Gasteiger partial charge in [-0.25, -0.2) is 0 Å². The van der Waals surface area contributed by atoms with Crippen LogP contribution in [0.1, 0.15) is 16.7 Å². The number of aliphatic hydroxyl groups is 1. The van der Waals surface area contributed by atoms with Crippen LogP contribution < -0.4 is 4.74 Å². The molecule has 0 radical (unpaired) electrons. The van der Waals surface area contributed by atoms with Gasteiger partial charge in [-0.15, -0.1) is 0 Å². The summed E-state index contributed by atoms with van der Waals surface area (Å²) >= 11 is 15.5. The minimum atomic E-state index is -0.0844. The van der Waals surface area contributed by atoms with Crippen LogP contribution in [0.25, 0.3) is 0 Å². The third-order valence-electron chi connectivity index (χ3n) is 2.87. The maximum Gasteiger partial charge on any atom is 0.128 e. The summed E-state index contributed by atoms with van der Waals surface area (Å²) in [4.78, 5) is 0. The van der Waals surface area contributed by atoms with E-state index < -0.39 is 0 Å². The van der Waals surface area contributed by atoms with Crippen molar-refractivity contribution < 1.29 is 9.84 Å². The number of benzene rings is 2. The Morgan fingerprint density at radius 3 is 2.60 bits per heavy atom. The highest BCUT2D eigenvalue weighted by Gasteiger charge is 2.10. The molecule has 2 rings (SSSR count).